The quantitative estimate of drug-likeness (QED) is 0.479. The summed E-state index contributed by atoms with van der Waals surface area (Å²) in [5.41, 5.74) is 0. The molecule has 1 N–H and O–H groups in total. The third-order valence-electron chi connectivity index (χ3n) is 1.67. The van der Waals surface area contributed by atoms with Crippen molar-refractivity contribution in [2.75, 3.05) is 20.3 Å². The molecule has 12 heavy (non-hydrogen) atoms. The van der Waals surface area contributed by atoms with Crippen molar-refractivity contribution >= 4 is 0 Å². The summed E-state index contributed by atoms with van der Waals surface area (Å²) in [4.78, 5) is 0. The van der Waals surface area contributed by atoms with Crippen molar-refractivity contribution in [2.24, 2.45) is 0 Å². The Morgan fingerprint density at radius 2 is 2.25 bits per heavy atom. The topological polar surface area (TPSA) is 21.3 Å². The Kier molecular flexibility index (Phi) is 8.20. The van der Waals surface area contributed by atoms with Gasteiger partial charge in [-0.25, -0.2) is 0 Å². The van der Waals surface area contributed by atoms with Crippen LogP contribution in [0.15, 0.2) is 0 Å². The Balaban J connectivity index is 3.17. The normalized spacial score (nSPS) is 11.9. The van der Waals surface area contributed by atoms with Gasteiger partial charge >= 0.3 is 0 Å². The summed E-state index contributed by atoms with van der Waals surface area (Å²) in [6.07, 6.45) is 2.00. The summed E-state index contributed by atoms with van der Waals surface area (Å²) < 4.78 is 4.97. The summed E-state index contributed by atoms with van der Waals surface area (Å²) in [6.45, 7) is 5.84. The van der Waals surface area contributed by atoms with Gasteiger partial charge in [-0.3, -0.25) is 0 Å². The fourth-order valence-corrected chi connectivity index (χ4v) is 0.903. The molecule has 0 heterocycles. The van der Waals surface area contributed by atoms with Gasteiger partial charge in [-0.1, -0.05) is 0 Å². The van der Waals surface area contributed by atoms with E-state index >= 15 is 0 Å². The predicted octanol–water partition coefficient (Wildman–Crippen LogP) is 1.41. The first-order chi connectivity index (χ1) is 5.81. The van der Waals surface area contributed by atoms with Gasteiger partial charge in [0.1, 0.15) is 0 Å². The van der Waals surface area contributed by atoms with Crippen molar-refractivity contribution < 1.29 is 4.74 Å². The molecule has 0 aliphatic carbocycles. The monoisotopic (exact) mass is 169 g/mol. The third kappa shape index (κ3) is 7.59. The molecule has 0 rings (SSSR count). The van der Waals surface area contributed by atoms with Gasteiger partial charge in [0.15, 0.2) is 0 Å². The van der Waals surface area contributed by atoms with Crippen LogP contribution in [0.4, 0.5) is 0 Å². The Labute approximate surface area is 75.7 Å². The van der Waals surface area contributed by atoms with Gasteiger partial charge in [0.25, 0.3) is 0 Å². The molecule has 0 amide bonds. The minimum Gasteiger partial charge on any atom is -0.385 e. The van der Waals surface area contributed by atoms with Crippen LogP contribution in [0.2, 0.25) is 0 Å². The molecule has 0 aliphatic heterocycles. The molecule has 0 bridgehead atoms. The van der Waals surface area contributed by atoms with Gasteiger partial charge in [-0.05, 0) is 20.3 Å². The maximum Gasteiger partial charge on any atom is 0.0476 e. The lowest BCUT2D eigenvalue weighted by Crippen LogP contribution is -2.27. The maximum absolute atomic E-state index is 4.97. The zero-order valence-corrected chi connectivity index (χ0v) is 8.31. The highest BCUT2D eigenvalue weighted by Gasteiger charge is 1.97. The van der Waals surface area contributed by atoms with E-state index in [1.165, 1.54) is 0 Å². The van der Waals surface area contributed by atoms with E-state index in [0.29, 0.717) is 6.04 Å². The molecule has 0 fully saturated rings. The summed E-state index contributed by atoms with van der Waals surface area (Å²) in [6, 6.07) is 0.531. The van der Waals surface area contributed by atoms with Crippen molar-refractivity contribution in [3.8, 4) is 11.8 Å². The standard InChI is InChI=1S/C10H19NO/c1-4-5-6-8-11-10(2)7-9-12-3/h10-11H,6-9H2,1-3H3. The van der Waals surface area contributed by atoms with E-state index in [4.69, 9.17) is 4.74 Å². The van der Waals surface area contributed by atoms with Crippen LogP contribution in [0.5, 0.6) is 0 Å². The van der Waals surface area contributed by atoms with Crippen LogP contribution in [0.3, 0.4) is 0 Å². The van der Waals surface area contributed by atoms with Crippen LogP contribution >= 0.6 is 0 Å². The predicted molar refractivity (Wildman–Crippen MR) is 52.0 cm³/mol. The minimum atomic E-state index is 0.531. The first-order valence-electron chi connectivity index (χ1n) is 4.43. The van der Waals surface area contributed by atoms with Gasteiger partial charge in [0.2, 0.25) is 0 Å². The first kappa shape index (κ1) is 11.5. The second kappa shape index (κ2) is 8.58. The number of hydrogen-bond acceptors (Lipinski definition) is 2. The summed E-state index contributed by atoms with van der Waals surface area (Å²) >= 11 is 0. The van der Waals surface area contributed by atoms with Crippen molar-refractivity contribution in [1.29, 1.82) is 0 Å². The highest BCUT2D eigenvalue weighted by atomic mass is 16.5. The lowest BCUT2D eigenvalue weighted by Gasteiger charge is -2.11. The Hall–Kier alpha value is -0.520. The summed E-state index contributed by atoms with van der Waals surface area (Å²) in [5, 5.41) is 3.37. The molecule has 70 valence electrons. The van der Waals surface area contributed by atoms with Crippen molar-refractivity contribution in [1.82, 2.24) is 5.32 Å². The van der Waals surface area contributed by atoms with E-state index in [-0.39, 0.29) is 0 Å². The smallest absolute Gasteiger partial charge is 0.0476 e. The van der Waals surface area contributed by atoms with Crippen LogP contribution in [0.1, 0.15) is 26.7 Å². The molecule has 0 aromatic heterocycles. The molecule has 0 aromatic carbocycles. The molecule has 2 heteroatoms. The van der Waals surface area contributed by atoms with Crippen LogP contribution in [0.25, 0.3) is 0 Å². The number of nitrogens with one attached hydrogen (secondary N) is 1. The van der Waals surface area contributed by atoms with E-state index in [2.05, 4.69) is 24.1 Å². The fraction of sp³-hybridized carbons (Fsp3) is 0.800. The third-order valence-corrected chi connectivity index (χ3v) is 1.67. The molecular formula is C10H19NO. The fourth-order valence-electron chi connectivity index (χ4n) is 0.903. The second-order valence-corrected chi connectivity index (χ2v) is 2.81. The second-order valence-electron chi connectivity index (χ2n) is 2.81. The van der Waals surface area contributed by atoms with Crippen LogP contribution in [0, 0.1) is 11.8 Å². The van der Waals surface area contributed by atoms with E-state index in [1.807, 2.05) is 6.92 Å². The van der Waals surface area contributed by atoms with Crippen LogP contribution in [-0.4, -0.2) is 26.3 Å². The number of hydrogen-bond donors (Lipinski definition) is 1. The van der Waals surface area contributed by atoms with Gasteiger partial charge in [-0.15, -0.1) is 11.8 Å². The lowest BCUT2D eigenvalue weighted by atomic mass is 10.2. The van der Waals surface area contributed by atoms with Gasteiger partial charge in [-0.2, -0.15) is 0 Å². The average molecular weight is 169 g/mol. The molecule has 2 nitrogen and oxygen atoms in total. The molecule has 0 saturated carbocycles. The Morgan fingerprint density at radius 3 is 2.83 bits per heavy atom. The van der Waals surface area contributed by atoms with Gasteiger partial charge in [0, 0.05) is 32.7 Å². The number of ether oxygens (including phenoxy) is 1. The van der Waals surface area contributed by atoms with Crippen molar-refractivity contribution in [3.63, 3.8) is 0 Å². The number of methoxy groups -OCH3 is 1. The zero-order valence-electron chi connectivity index (χ0n) is 8.31. The zero-order chi connectivity index (χ0) is 9.23. The maximum atomic E-state index is 4.97. The molecule has 1 unspecified atom stereocenters. The Morgan fingerprint density at radius 1 is 1.50 bits per heavy atom. The van der Waals surface area contributed by atoms with E-state index < -0.39 is 0 Å². The van der Waals surface area contributed by atoms with E-state index in [9.17, 15) is 0 Å². The average Bonchev–Trinajstić information content (AvgIpc) is 2.09. The van der Waals surface area contributed by atoms with Gasteiger partial charge in [0.05, 0.1) is 0 Å². The SMILES string of the molecule is CC#CCCNC(C)CCOC. The van der Waals surface area contributed by atoms with Gasteiger partial charge < -0.3 is 10.1 Å². The highest BCUT2D eigenvalue weighted by Crippen LogP contribution is 1.90. The van der Waals surface area contributed by atoms with Crippen LogP contribution in [-0.2, 0) is 4.74 Å². The minimum absolute atomic E-state index is 0.531. The lowest BCUT2D eigenvalue weighted by molar-refractivity contribution is 0.185. The van der Waals surface area contributed by atoms with Crippen molar-refractivity contribution in [2.45, 2.75) is 32.7 Å². The molecular weight excluding hydrogens is 150 g/mol. The molecule has 0 aliphatic rings. The number of rotatable bonds is 6. The summed E-state index contributed by atoms with van der Waals surface area (Å²) in [7, 11) is 1.73. The summed E-state index contributed by atoms with van der Waals surface area (Å²) in [5.74, 6) is 5.89. The molecule has 1 atom stereocenters. The molecule has 0 spiro atoms. The highest BCUT2D eigenvalue weighted by molar-refractivity contribution is 4.95. The van der Waals surface area contributed by atoms with E-state index in [0.717, 1.165) is 26.0 Å². The van der Waals surface area contributed by atoms with E-state index in [1.54, 1.807) is 7.11 Å². The molecule has 0 saturated heterocycles. The molecule has 0 aromatic rings. The van der Waals surface area contributed by atoms with Crippen molar-refractivity contribution in [3.05, 3.63) is 0 Å². The largest absolute Gasteiger partial charge is 0.385 e. The first-order valence-corrected chi connectivity index (χ1v) is 4.43. The Bertz CT molecular complexity index is 146. The van der Waals surface area contributed by atoms with Crippen LogP contribution < -0.4 is 5.32 Å². The molecule has 0 radical (unpaired) electrons.